The smallest absolute Gasteiger partial charge is 0.212 e. The third kappa shape index (κ3) is 4.18. The topological polar surface area (TPSA) is 37.4 Å². The first kappa shape index (κ1) is 14.3. The van der Waals surface area contributed by atoms with Gasteiger partial charge in [-0.1, -0.05) is 6.07 Å². The zero-order valence-corrected chi connectivity index (χ0v) is 12.2. The molecule has 1 atom stereocenters. The Labute approximate surface area is 116 Å². The molecule has 0 radical (unpaired) electrons. The minimum atomic E-state index is 0.566. The molecule has 1 unspecified atom stereocenters. The Balaban J connectivity index is 1.77. The lowest BCUT2D eigenvalue weighted by Crippen LogP contribution is -2.40. The molecule has 0 aromatic carbocycles. The molecule has 1 aromatic rings. The van der Waals surface area contributed by atoms with Crippen LogP contribution in [-0.2, 0) is 6.54 Å². The first-order valence-corrected chi connectivity index (χ1v) is 7.10. The first-order valence-electron chi connectivity index (χ1n) is 7.10. The molecule has 1 aliphatic rings. The SMILES string of the molecule is COc1ccc(CNC(C)C2CCN(C)CC2)cn1. The normalized spacial score (nSPS) is 19.3. The van der Waals surface area contributed by atoms with E-state index in [9.17, 15) is 0 Å². The van der Waals surface area contributed by atoms with E-state index in [2.05, 4.69) is 35.2 Å². The van der Waals surface area contributed by atoms with Gasteiger partial charge in [-0.3, -0.25) is 0 Å². The van der Waals surface area contributed by atoms with E-state index in [1.165, 1.54) is 31.5 Å². The van der Waals surface area contributed by atoms with Crippen LogP contribution in [0.15, 0.2) is 18.3 Å². The fraction of sp³-hybridized carbons (Fsp3) is 0.667. The molecule has 1 saturated heterocycles. The third-order valence-electron chi connectivity index (χ3n) is 4.11. The van der Waals surface area contributed by atoms with E-state index >= 15 is 0 Å². The number of hydrogen-bond acceptors (Lipinski definition) is 4. The van der Waals surface area contributed by atoms with Crippen LogP contribution in [0.25, 0.3) is 0 Å². The Hall–Kier alpha value is -1.13. The number of rotatable bonds is 5. The van der Waals surface area contributed by atoms with Crippen molar-refractivity contribution < 1.29 is 4.74 Å². The highest BCUT2D eigenvalue weighted by Crippen LogP contribution is 2.19. The van der Waals surface area contributed by atoms with Gasteiger partial charge < -0.3 is 15.0 Å². The number of methoxy groups -OCH3 is 1. The van der Waals surface area contributed by atoms with Crippen molar-refractivity contribution in [1.82, 2.24) is 15.2 Å². The summed E-state index contributed by atoms with van der Waals surface area (Å²) in [6.45, 7) is 5.62. The maximum atomic E-state index is 5.06. The number of aromatic nitrogens is 1. The molecule has 1 aromatic heterocycles. The van der Waals surface area contributed by atoms with E-state index in [0.717, 1.165) is 12.5 Å². The summed E-state index contributed by atoms with van der Waals surface area (Å²) in [7, 11) is 3.85. The van der Waals surface area contributed by atoms with Crippen LogP contribution in [0.1, 0.15) is 25.3 Å². The van der Waals surface area contributed by atoms with Gasteiger partial charge in [-0.2, -0.15) is 0 Å². The molecule has 0 amide bonds. The van der Waals surface area contributed by atoms with Gasteiger partial charge in [-0.15, -0.1) is 0 Å². The van der Waals surface area contributed by atoms with Gasteiger partial charge in [-0.05, 0) is 51.4 Å². The lowest BCUT2D eigenvalue weighted by Gasteiger charge is -2.33. The molecular formula is C15H25N3O. The van der Waals surface area contributed by atoms with Crippen molar-refractivity contribution >= 4 is 0 Å². The number of ether oxygens (including phenoxy) is 1. The van der Waals surface area contributed by atoms with Crippen molar-refractivity contribution in [2.45, 2.75) is 32.4 Å². The summed E-state index contributed by atoms with van der Waals surface area (Å²) in [6.07, 6.45) is 4.48. The van der Waals surface area contributed by atoms with Crippen molar-refractivity contribution in [2.75, 3.05) is 27.2 Å². The predicted octanol–water partition coefficient (Wildman–Crippen LogP) is 1.91. The standard InChI is InChI=1S/C15H25N3O/c1-12(14-6-8-18(2)9-7-14)16-10-13-4-5-15(19-3)17-11-13/h4-5,11-12,14,16H,6-10H2,1-3H3. The fourth-order valence-electron chi connectivity index (χ4n) is 2.61. The average molecular weight is 263 g/mol. The molecule has 1 aliphatic heterocycles. The van der Waals surface area contributed by atoms with Crippen LogP contribution in [-0.4, -0.2) is 43.2 Å². The van der Waals surface area contributed by atoms with Crippen LogP contribution in [0.5, 0.6) is 5.88 Å². The molecule has 0 bridgehead atoms. The first-order chi connectivity index (χ1) is 9.19. The Bertz CT molecular complexity index is 371. The molecule has 4 heteroatoms. The van der Waals surface area contributed by atoms with Crippen LogP contribution >= 0.6 is 0 Å². The summed E-state index contributed by atoms with van der Waals surface area (Å²) < 4.78 is 5.06. The Morgan fingerprint density at radius 3 is 2.74 bits per heavy atom. The van der Waals surface area contributed by atoms with E-state index < -0.39 is 0 Å². The van der Waals surface area contributed by atoms with Gasteiger partial charge in [0.05, 0.1) is 7.11 Å². The molecule has 1 N–H and O–H groups in total. The van der Waals surface area contributed by atoms with Gasteiger partial charge in [0.1, 0.15) is 0 Å². The summed E-state index contributed by atoms with van der Waals surface area (Å²) in [4.78, 5) is 6.64. The summed E-state index contributed by atoms with van der Waals surface area (Å²) in [5.41, 5.74) is 1.21. The summed E-state index contributed by atoms with van der Waals surface area (Å²) in [6, 6.07) is 4.55. The van der Waals surface area contributed by atoms with E-state index in [0.29, 0.717) is 11.9 Å². The molecule has 0 saturated carbocycles. The molecular weight excluding hydrogens is 238 g/mol. The minimum Gasteiger partial charge on any atom is -0.481 e. The maximum Gasteiger partial charge on any atom is 0.212 e. The van der Waals surface area contributed by atoms with Gasteiger partial charge in [-0.25, -0.2) is 4.98 Å². The van der Waals surface area contributed by atoms with Crippen molar-refractivity contribution in [3.05, 3.63) is 23.9 Å². The monoisotopic (exact) mass is 263 g/mol. The highest BCUT2D eigenvalue weighted by Gasteiger charge is 2.21. The lowest BCUT2D eigenvalue weighted by molar-refractivity contribution is 0.189. The molecule has 0 spiro atoms. The number of pyridine rings is 1. The second-order valence-electron chi connectivity index (χ2n) is 5.52. The van der Waals surface area contributed by atoms with Crippen LogP contribution in [0.3, 0.4) is 0 Å². The molecule has 2 rings (SSSR count). The highest BCUT2D eigenvalue weighted by atomic mass is 16.5. The van der Waals surface area contributed by atoms with Gasteiger partial charge in [0.2, 0.25) is 5.88 Å². The summed E-state index contributed by atoms with van der Waals surface area (Å²) in [5, 5.41) is 3.62. The van der Waals surface area contributed by atoms with Crippen molar-refractivity contribution in [2.24, 2.45) is 5.92 Å². The van der Waals surface area contributed by atoms with Gasteiger partial charge in [0.15, 0.2) is 0 Å². The number of nitrogens with one attached hydrogen (secondary N) is 1. The van der Waals surface area contributed by atoms with Crippen LogP contribution in [0, 0.1) is 5.92 Å². The molecule has 2 heterocycles. The quantitative estimate of drug-likeness (QED) is 0.880. The lowest BCUT2D eigenvalue weighted by atomic mass is 9.90. The van der Waals surface area contributed by atoms with Crippen LogP contribution < -0.4 is 10.1 Å². The Morgan fingerprint density at radius 2 is 2.16 bits per heavy atom. The average Bonchev–Trinajstić information content (AvgIpc) is 2.46. The number of nitrogens with zero attached hydrogens (tertiary/aromatic N) is 2. The van der Waals surface area contributed by atoms with Gasteiger partial charge >= 0.3 is 0 Å². The van der Waals surface area contributed by atoms with Crippen LogP contribution in [0.4, 0.5) is 0 Å². The number of hydrogen-bond donors (Lipinski definition) is 1. The van der Waals surface area contributed by atoms with Crippen molar-refractivity contribution in [1.29, 1.82) is 0 Å². The number of likely N-dealkylation sites (tertiary alicyclic amines) is 1. The predicted molar refractivity (Wildman–Crippen MR) is 77.3 cm³/mol. The molecule has 106 valence electrons. The van der Waals surface area contributed by atoms with Crippen molar-refractivity contribution in [3.8, 4) is 5.88 Å². The molecule has 4 nitrogen and oxygen atoms in total. The van der Waals surface area contributed by atoms with E-state index in [1.54, 1.807) is 7.11 Å². The molecule has 1 fully saturated rings. The van der Waals surface area contributed by atoms with E-state index in [-0.39, 0.29) is 0 Å². The van der Waals surface area contributed by atoms with E-state index in [4.69, 9.17) is 4.74 Å². The Morgan fingerprint density at radius 1 is 1.42 bits per heavy atom. The summed E-state index contributed by atoms with van der Waals surface area (Å²) in [5.74, 6) is 1.47. The second kappa shape index (κ2) is 6.87. The Kier molecular flexibility index (Phi) is 5.16. The van der Waals surface area contributed by atoms with E-state index in [1.807, 2.05) is 12.3 Å². The van der Waals surface area contributed by atoms with Gasteiger partial charge in [0, 0.05) is 24.8 Å². The van der Waals surface area contributed by atoms with Gasteiger partial charge in [0.25, 0.3) is 0 Å². The van der Waals surface area contributed by atoms with Crippen LogP contribution in [0.2, 0.25) is 0 Å². The fourth-order valence-corrected chi connectivity index (χ4v) is 2.61. The molecule has 0 aliphatic carbocycles. The highest BCUT2D eigenvalue weighted by molar-refractivity contribution is 5.17. The maximum absolute atomic E-state index is 5.06. The zero-order chi connectivity index (χ0) is 13.7. The zero-order valence-electron chi connectivity index (χ0n) is 12.2. The molecule has 19 heavy (non-hydrogen) atoms. The second-order valence-corrected chi connectivity index (χ2v) is 5.52. The largest absolute Gasteiger partial charge is 0.481 e. The third-order valence-corrected chi connectivity index (χ3v) is 4.11. The number of piperidine rings is 1. The minimum absolute atomic E-state index is 0.566. The van der Waals surface area contributed by atoms with Crippen molar-refractivity contribution in [3.63, 3.8) is 0 Å². The summed E-state index contributed by atoms with van der Waals surface area (Å²) >= 11 is 0.